The number of rotatable bonds is 5. The van der Waals surface area contributed by atoms with Gasteiger partial charge in [0, 0.05) is 10.6 Å². The zero-order chi connectivity index (χ0) is 21.4. The number of benzene rings is 3. The Bertz CT molecular complexity index is 942. The summed E-state index contributed by atoms with van der Waals surface area (Å²) in [5.41, 5.74) is 0. The van der Waals surface area contributed by atoms with Crippen LogP contribution >= 0.6 is 7.92 Å². The van der Waals surface area contributed by atoms with E-state index in [0.29, 0.717) is 11.5 Å². The van der Waals surface area contributed by atoms with E-state index in [1.165, 1.54) is 0 Å². The Hall–Kier alpha value is -1.88. The third-order valence-electron chi connectivity index (χ3n) is 5.14. The molecule has 0 aliphatic heterocycles. The molecular formula is C24H31O2PSi2. The fourth-order valence-corrected chi connectivity index (χ4v) is 9.13. The number of aromatic hydroxyl groups is 2. The van der Waals surface area contributed by atoms with Gasteiger partial charge < -0.3 is 10.2 Å². The first-order valence-electron chi connectivity index (χ1n) is 10.0. The van der Waals surface area contributed by atoms with Crippen molar-refractivity contribution in [2.24, 2.45) is 0 Å². The first kappa shape index (κ1) is 21.8. The number of hydrogen-bond donors (Lipinski definition) is 2. The van der Waals surface area contributed by atoms with Crippen LogP contribution in [0.3, 0.4) is 0 Å². The summed E-state index contributed by atoms with van der Waals surface area (Å²) in [7, 11) is -4.48. The summed E-state index contributed by atoms with van der Waals surface area (Å²) in [6.07, 6.45) is 0. The molecule has 0 unspecified atom stereocenters. The van der Waals surface area contributed by atoms with Crippen LogP contribution in [0.2, 0.25) is 39.3 Å². The summed E-state index contributed by atoms with van der Waals surface area (Å²) in [6, 6.07) is 22.6. The molecule has 0 saturated heterocycles. The van der Waals surface area contributed by atoms with Crippen molar-refractivity contribution < 1.29 is 10.2 Å². The predicted octanol–water partition coefficient (Wildman–Crippen LogP) is 3.95. The van der Waals surface area contributed by atoms with Gasteiger partial charge in [0.15, 0.2) is 0 Å². The Morgan fingerprint density at radius 3 is 1.34 bits per heavy atom. The molecule has 0 atom stereocenters. The maximum absolute atomic E-state index is 11.3. The average Bonchev–Trinajstić information content (AvgIpc) is 2.63. The second-order valence-electron chi connectivity index (χ2n) is 9.52. The lowest BCUT2D eigenvalue weighted by Gasteiger charge is -2.27. The van der Waals surface area contributed by atoms with Crippen LogP contribution in [0, 0.1) is 0 Å². The van der Waals surface area contributed by atoms with Crippen molar-refractivity contribution in [3.8, 4) is 11.5 Å². The van der Waals surface area contributed by atoms with Crippen LogP contribution in [-0.2, 0) is 0 Å². The van der Waals surface area contributed by atoms with Crippen molar-refractivity contribution in [2.75, 3.05) is 0 Å². The molecule has 0 heterocycles. The Labute approximate surface area is 178 Å². The Balaban J connectivity index is 2.31. The third kappa shape index (κ3) is 4.50. The van der Waals surface area contributed by atoms with Gasteiger partial charge in [-0.2, -0.15) is 0 Å². The van der Waals surface area contributed by atoms with Gasteiger partial charge in [-0.25, -0.2) is 0 Å². The van der Waals surface area contributed by atoms with Gasteiger partial charge in [-0.05, 0) is 23.6 Å². The van der Waals surface area contributed by atoms with Gasteiger partial charge in [0.2, 0.25) is 0 Å². The molecule has 0 amide bonds. The minimum atomic E-state index is -1.71. The lowest BCUT2D eigenvalue weighted by Crippen LogP contribution is -2.41. The van der Waals surface area contributed by atoms with Crippen molar-refractivity contribution >= 4 is 50.4 Å². The van der Waals surface area contributed by atoms with Crippen molar-refractivity contribution in [1.82, 2.24) is 0 Å². The van der Waals surface area contributed by atoms with Crippen LogP contribution in [0.4, 0.5) is 0 Å². The van der Waals surface area contributed by atoms with Gasteiger partial charge in [0.1, 0.15) is 11.5 Å². The predicted molar refractivity (Wildman–Crippen MR) is 134 cm³/mol. The number of phenols is 2. The highest BCUT2D eigenvalue weighted by Gasteiger charge is 2.30. The molecule has 152 valence electrons. The lowest BCUT2D eigenvalue weighted by molar-refractivity contribution is 0.483. The molecule has 0 bridgehead atoms. The molecule has 5 heteroatoms. The summed E-state index contributed by atoms with van der Waals surface area (Å²) in [6.45, 7) is 13.5. The van der Waals surface area contributed by atoms with Gasteiger partial charge in [-0.1, -0.05) is 106 Å². The standard InChI is InChI=1S/C24H31O2PSi2/c1-28(2,3)21-16-10-14-19(23(21)25)27(18-12-8-7-9-13-18)20-15-11-17-22(24(20)26)29(4,5)6/h7-17,25-26H,1-6H3. The highest BCUT2D eigenvalue weighted by molar-refractivity contribution is 7.80. The van der Waals surface area contributed by atoms with Crippen LogP contribution in [0.25, 0.3) is 0 Å². The van der Waals surface area contributed by atoms with Gasteiger partial charge in [0.05, 0.1) is 16.1 Å². The SMILES string of the molecule is C[Si](C)(C)c1cccc(P(c2ccccc2)c2cccc([Si](C)(C)C)c2O)c1O. The Morgan fingerprint density at radius 1 is 0.552 bits per heavy atom. The van der Waals surface area contributed by atoms with E-state index in [1.54, 1.807) is 0 Å². The van der Waals surface area contributed by atoms with E-state index in [0.717, 1.165) is 26.3 Å². The molecule has 0 aliphatic carbocycles. The smallest absolute Gasteiger partial charge is 0.123 e. The first-order chi connectivity index (χ1) is 13.5. The maximum atomic E-state index is 11.3. The molecule has 2 N–H and O–H groups in total. The quantitative estimate of drug-likeness (QED) is 0.468. The van der Waals surface area contributed by atoms with E-state index in [-0.39, 0.29) is 0 Å². The normalized spacial score (nSPS) is 12.4. The van der Waals surface area contributed by atoms with Gasteiger partial charge in [-0.3, -0.25) is 0 Å². The van der Waals surface area contributed by atoms with Crippen LogP contribution in [0.1, 0.15) is 0 Å². The van der Waals surface area contributed by atoms with Crippen molar-refractivity contribution in [3.05, 3.63) is 66.7 Å². The summed E-state index contributed by atoms with van der Waals surface area (Å²) >= 11 is 0. The van der Waals surface area contributed by atoms with E-state index in [2.05, 4.69) is 75.7 Å². The molecule has 0 aromatic heterocycles. The fraction of sp³-hybridized carbons (Fsp3) is 0.250. The van der Waals surface area contributed by atoms with Crippen LogP contribution in [0.15, 0.2) is 66.7 Å². The summed E-state index contributed by atoms with van der Waals surface area (Å²) in [4.78, 5) is 0. The first-order valence-corrected chi connectivity index (χ1v) is 18.4. The molecule has 3 rings (SSSR count). The molecule has 0 spiro atoms. The molecule has 0 aliphatic rings. The van der Waals surface area contributed by atoms with Crippen LogP contribution < -0.4 is 26.3 Å². The van der Waals surface area contributed by atoms with Crippen molar-refractivity contribution in [1.29, 1.82) is 0 Å². The largest absolute Gasteiger partial charge is 0.507 e. The molecule has 29 heavy (non-hydrogen) atoms. The zero-order valence-corrected chi connectivity index (χ0v) is 21.1. The topological polar surface area (TPSA) is 40.5 Å². The van der Waals surface area contributed by atoms with Crippen molar-refractivity contribution in [3.63, 3.8) is 0 Å². The Morgan fingerprint density at radius 2 is 0.966 bits per heavy atom. The molecule has 2 nitrogen and oxygen atoms in total. The highest BCUT2D eigenvalue weighted by Crippen LogP contribution is 2.38. The van der Waals surface area contributed by atoms with E-state index in [9.17, 15) is 10.2 Å². The minimum absolute atomic E-state index is 0.402. The second-order valence-corrected chi connectivity index (χ2v) is 21.7. The average molecular weight is 439 g/mol. The number of para-hydroxylation sites is 2. The van der Waals surface area contributed by atoms with Crippen molar-refractivity contribution in [2.45, 2.75) is 39.3 Å². The van der Waals surface area contributed by atoms with E-state index in [1.807, 2.05) is 30.3 Å². The molecule has 0 radical (unpaired) electrons. The lowest BCUT2D eigenvalue weighted by atomic mass is 10.3. The number of hydrogen-bond acceptors (Lipinski definition) is 2. The monoisotopic (exact) mass is 438 g/mol. The summed E-state index contributed by atoms with van der Waals surface area (Å²) in [5.74, 6) is 0.805. The third-order valence-corrected chi connectivity index (χ3v) is 11.7. The molecule has 0 saturated carbocycles. The van der Waals surface area contributed by atoms with E-state index >= 15 is 0 Å². The van der Waals surface area contributed by atoms with Crippen LogP contribution in [0.5, 0.6) is 11.5 Å². The number of phenolic OH excluding ortho intramolecular Hbond substituents is 2. The minimum Gasteiger partial charge on any atom is -0.507 e. The molecule has 3 aromatic carbocycles. The molecule has 3 aromatic rings. The van der Waals surface area contributed by atoms with Gasteiger partial charge in [0.25, 0.3) is 0 Å². The summed E-state index contributed by atoms with van der Waals surface area (Å²) in [5, 5.41) is 27.8. The maximum Gasteiger partial charge on any atom is 0.123 e. The fourth-order valence-electron chi connectivity index (χ4n) is 3.62. The van der Waals surface area contributed by atoms with Gasteiger partial charge >= 0.3 is 0 Å². The van der Waals surface area contributed by atoms with E-state index in [4.69, 9.17) is 0 Å². The summed E-state index contributed by atoms with van der Waals surface area (Å²) < 4.78 is 0. The zero-order valence-electron chi connectivity index (χ0n) is 18.2. The Kier molecular flexibility index (Phi) is 6.09. The second kappa shape index (κ2) is 8.10. The highest BCUT2D eigenvalue weighted by atomic mass is 31.1. The van der Waals surface area contributed by atoms with E-state index < -0.39 is 24.1 Å². The molecular weight excluding hydrogens is 407 g/mol. The van der Waals surface area contributed by atoms with Gasteiger partial charge in [-0.15, -0.1) is 0 Å². The van der Waals surface area contributed by atoms with Crippen LogP contribution in [-0.4, -0.2) is 26.4 Å². The molecule has 0 fully saturated rings.